The zero-order chi connectivity index (χ0) is 20.1. The van der Waals surface area contributed by atoms with Crippen molar-refractivity contribution in [2.24, 2.45) is 0 Å². The van der Waals surface area contributed by atoms with Crippen LogP contribution in [0.2, 0.25) is 10.0 Å². The molecule has 1 atom stereocenters. The topological polar surface area (TPSA) is 47.2 Å². The number of piperazine rings is 1. The first-order valence-electron chi connectivity index (χ1n) is 9.53. The third-order valence-electron chi connectivity index (χ3n) is 5.40. The molecule has 1 fully saturated rings. The molecule has 3 rings (SSSR count). The minimum Gasteiger partial charge on any atom is -0.497 e. The first kappa shape index (κ1) is 20.9. The second kappa shape index (κ2) is 9.61. The van der Waals surface area contributed by atoms with Crippen LogP contribution in [-0.2, 0) is 11.3 Å². The molecule has 0 radical (unpaired) electrons. The molecule has 1 amide bonds. The first-order valence-corrected chi connectivity index (χ1v) is 10.3. The minimum absolute atomic E-state index is 0.0298. The van der Waals surface area contributed by atoms with Crippen molar-refractivity contribution in [3.05, 3.63) is 58.1 Å². The normalized spacial score (nSPS) is 20.4. The predicted octanol–water partition coefficient (Wildman–Crippen LogP) is 1.31. The number of nitrogens with one attached hydrogen (secondary N) is 3. The van der Waals surface area contributed by atoms with Crippen LogP contribution in [0.4, 0.5) is 5.69 Å². The molecule has 7 heteroatoms. The first-order chi connectivity index (χ1) is 13.5. The van der Waals surface area contributed by atoms with Gasteiger partial charge in [0.25, 0.3) is 5.91 Å². The van der Waals surface area contributed by atoms with Gasteiger partial charge in [0, 0.05) is 10.6 Å². The summed E-state index contributed by atoms with van der Waals surface area (Å²) < 4.78 is 5.21. The third kappa shape index (κ3) is 5.39. The van der Waals surface area contributed by atoms with E-state index in [1.807, 2.05) is 19.1 Å². The third-order valence-corrected chi connectivity index (χ3v) is 5.97. The molecular formula is C21H27Cl2N3O2+2. The van der Waals surface area contributed by atoms with Gasteiger partial charge in [0.05, 0.1) is 17.8 Å². The molecule has 3 N–H and O–H groups in total. The van der Waals surface area contributed by atoms with E-state index in [-0.39, 0.29) is 11.9 Å². The second-order valence-corrected chi connectivity index (χ2v) is 8.11. The van der Waals surface area contributed by atoms with Gasteiger partial charge in [-0.15, -0.1) is 0 Å². The maximum absolute atomic E-state index is 12.7. The highest BCUT2D eigenvalue weighted by atomic mass is 35.5. The minimum atomic E-state index is -0.141. The molecule has 2 aromatic carbocycles. The smallest absolute Gasteiger partial charge is 0.282 e. The lowest BCUT2D eigenvalue weighted by Crippen LogP contribution is -3.29. The molecule has 2 aromatic rings. The molecule has 0 unspecified atom stereocenters. The van der Waals surface area contributed by atoms with Crippen molar-refractivity contribution in [3.63, 3.8) is 0 Å². The SMILES string of the molecule is COc1ccc(C[NH+]2CC[NH+]([C@@H](C)C(=O)Nc3cc(Cl)ccc3Cl)CC2)cc1. The largest absolute Gasteiger partial charge is 0.497 e. The Kier molecular flexibility index (Phi) is 7.18. The molecule has 28 heavy (non-hydrogen) atoms. The predicted molar refractivity (Wildman–Crippen MR) is 113 cm³/mol. The zero-order valence-corrected chi connectivity index (χ0v) is 17.7. The van der Waals surface area contributed by atoms with E-state index in [1.54, 1.807) is 30.2 Å². The van der Waals surface area contributed by atoms with Gasteiger partial charge in [-0.25, -0.2) is 0 Å². The maximum Gasteiger partial charge on any atom is 0.282 e. The van der Waals surface area contributed by atoms with Gasteiger partial charge in [0.2, 0.25) is 0 Å². The van der Waals surface area contributed by atoms with Crippen LogP contribution >= 0.6 is 23.2 Å². The quantitative estimate of drug-likeness (QED) is 0.655. The summed E-state index contributed by atoms with van der Waals surface area (Å²) >= 11 is 12.2. The van der Waals surface area contributed by atoms with Crippen molar-refractivity contribution < 1.29 is 19.3 Å². The van der Waals surface area contributed by atoms with Gasteiger partial charge in [-0.05, 0) is 49.4 Å². The van der Waals surface area contributed by atoms with E-state index in [2.05, 4.69) is 17.4 Å². The van der Waals surface area contributed by atoms with E-state index in [4.69, 9.17) is 27.9 Å². The van der Waals surface area contributed by atoms with Crippen molar-refractivity contribution >= 4 is 34.8 Å². The number of hydrogen-bond acceptors (Lipinski definition) is 2. The number of rotatable bonds is 6. The highest BCUT2D eigenvalue weighted by molar-refractivity contribution is 6.35. The van der Waals surface area contributed by atoms with Crippen LogP contribution in [0.15, 0.2) is 42.5 Å². The van der Waals surface area contributed by atoms with Crippen LogP contribution in [0.3, 0.4) is 0 Å². The zero-order valence-electron chi connectivity index (χ0n) is 16.2. The van der Waals surface area contributed by atoms with Crippen molar-refractivity contribution in [2.45, 2.75) is 19.5 Å². The summed E-state index contributed by atoms with van der Waals surface area (Å²) in [5.74, 6) is 0.852. The van der Waals surface area contributed by atoms with Crippen molar-refractivity contribution in [1.82, 2.24) is 0 Å². The average molecular weight is 424 g/mol. The van der Waals surface area contributed by atoms with Gasteiger partial charge in [0.15, 0.2) is 6.04 Å². The summed E-state index contributed by atoms with van der Waals surface area (Å²) in [6.45, 7) is 6.97. The molecule has 0 aliphatic carbocycles. The van der Waals surface area contributed by atoms with Gasteiger partial charge in [0.1, 0.15) is 38.5 Å². The number of carbonyl (C=O) groups excluding carboxylic acids is 1. The van der Waals surface area contributed by atoms with Gasteiger partial charge < -0.3 is 19.9 Å². The summed E-state index contributed by atoms with van der Waals surface area (Å²) in [6, 6.07) is 13.2. The Morgan fingerprint density at radius 1 is 1.11 bits per heavy atom. The maximum atomic E-state index is 12.7. The summed E-state index contributed by atoms with van der Waals surface area (Å²) in [5.41, 5.74) is 1.87. The lowest BCUT2D eigenvalue weighted by molar-refractivity contribution is -1.02. The number of anilines is 1. The van der Waals surface area contributed by atoms with E-state index >= 15 is 0 Å². The molecule has 1 aliphatic heterocycles. The Bertz CT molecular complexity index is 806. The molecule has 0 saturated carbocycles. The Hall–Kier alpha value is -1.79. The number of benzene rings is 2. The van der Waals surface area contributed by atoms with E-state index in [0.717, 1.165) is 38.5 Å². The van der Waals surface area contributed by atoms with E-state index in [9.17, 15) is 4.79 Å². The highest BCUT2D eigenvalue weighted by Gasteiger charge is 2.31. The highest BCUT2D eigenvalue weighted by Crippen LogP contribution is 2.25. The molecular weight excluding hydrogens is 397 g/mol. The van der Waals surface area contributed by atoms with Crippen LogP contribution in [0.5, 0.6) is 5.75 Å². The van der Waals surface area contributed by atoms with Crippen LogP contribution in [0.25, 0.3) is 0 Å². The number of carbonyl (C=O) groups is 1. The summed E-state index contributed by atoms with van der Waals surface area (Å²) in [4.78, 5) is 15.5. The number of quaternary nitrogens is 2. The Balaban J connectivity index is 1.50. The average Bonchev–Trinajstić information content (AvgIpc) is 2.71. The molecule has 1 saturated heterocycles. The second-order valence-electron chi connectivity index (χ2n) is 7.27. The van der Waals surface area contributed by atoms with Crippen molar-refractivity contribution in [1.29, 1.82) is 0 Å². The summed E-state index contributed by atoms with van der Waals surface area (Å²) in [5, 5.41) is 3.96. The lowest BCUT2D eigenvalue weighted by atomic mass is 10.1. The van der Waals surface area contributed by atoms with Crippen LogP contribution in [0, 0.1) is 0 Å². The summed E-state index contributed by atoms with van der Waals surface area (Å²) in [7, 11) is 1.68. The van der Waals surface area contributed by atoms with Crippen molar-refractivity contribution in [3.8, 4) is 5.75 Å². The fourth-order valence-electron chi connectivity index (χ4n) is 3.59. The number of amides is 1. The van der Waals surface area contributed by atoms with Crippen molar-refractivity contribution in [2.75, 3.05) is 38.6 Å². The van der Waals surface area contributed by atoms with Gasteiger partial charge in [-0.2, -0.15) is 0 Å². The Labute approximate surface area is 176 Å². The lowest BCUT2D eigenvalue weighted by Gasteiger charge is -2.32. The molecule has 150 valence electrons. The van der Waals surface area contributed by atoms with Crippen LogP contribution in [0.1, 0.15) is 12.5 Å². The van der Waals surface area contributed by atoms with Gasteiger partial charge >= 0.3 is 0 Å². The fourth-order valence-corrected chi connectivity index (χ4v) is 3.92. The molecule has 0 bridgehead atoms. The van der Waals surface area contributed by atoms with Crippen LogP contribution in [-0.4, -0.2) is 45.2 Å². The fraction of sp³-hybridized carbons (Fsp3) is 0.381. The number of halogens is 2. The van der Waals surface area contributed by atoms with Gasteiger partial charge in [-0.3, -0.25) is 4.79 Å². The number of ether oxygens (including phenoxy) is 1. The molecule has 1 heterocycles. The molecule has 0 spiro atoms. The number of hydrogen-bond donors (Lipinski definition) is 3. The summed E-state index contributed by atoms with van der Waals surface area (Å²) in [6.07, 6.45) is 0. The van der Waals surface area contributed by atoms with Crippen LogP contribution < -0.4 is 19.9 Å². The standard InChI is InChI=1S/C21H25Cl2N3O2/c1-15(21(27)24-20-13-17(22)5-8-19(20)23)26-11-9-25(10-12-26)14-16-3-6-18(28-2)7-4-16/h3-8,13,15H,9-12,14H2,1-2H3,(H,24,27)/p+2/t15-/m0/s1. The van der Waals surface area contributed by atoms with E-state index < -0.39 is 0 Å². The Morgan fingerprint density at radius 3 is 2.43 bits per heavy atom. The van der Waals surface area contributed by atoms with E-state index in [0.29, 0.717) is 15.7 Å². The molecule has 5 nitrogen and oxygen atoms in total. The van der Waals surface area contributed by atoms with Gasteiger partial charge in [-0.1, -0.05) is 23.2 Å². The molecule has 0 aromatic heterocycles. The molecule has 1 aliphatic rings. The monoisotopic (exact) mass is 423 g/mol. The Morgan fingerprint density at radius 2 is 1.79 bits per heavy atom. The van der Waals surface area contributed by atoms with E-state index in [1.165, 1.54) is 10.5 Å². The number of methoxy groups -OCH3 is 1.